The third-order valence-electron chi connectivity index (χ3n) is 3.19. The number of hydrogen-bond acceptors (Lipinski definition) is 2. The van der Waals surface area contributed by atoms with Crippen molar-refractivity contribution in [1.82, 2.24) is 5.32 Å². The van der Waals surface area contributed by atoms with E-state index >= 15 is 0 Å². The van der Waals surface area contributed by atoms with Crippen molar-refractivity contribution in [3.05, 3.63) is 29.8 Å². The molecule has 0 atom stereocenters. The zero-order chi connectivity index (χ0) is 12.7. The molecule has 0 aliphatic carbocycles. The van der Waals surface area contributed by atoms with Crippen LogP contribution in [0.1, 0.15) is 39.7 Å². The van der Waals surface area contributed by atoms with Crippen LogP contribution in [-0.2, 0) is 6.42 Å². The molecule has 0 aliphatic heterocycles. The van der Waals surface area contributed by atoms with Crippen LogP contribution in [0, 0.1) is 0 Å². The first-order valence-corrected chi connectivity index (χ1v) is 6.54. The maximum absolute atomic E-state index is 5.68. The summed E-state index contributed by atoms with van der Waals surface area (Å²) in [4.78, 5) is 0. The fourth-order valence-corrected chi connectivity index (χ4v) is 1.50. The lowest BCUT2D eigenvalue weighted by Gasteiger charge is -2.24. The predicted molar refractivity (Wildman–Crippen MR) is 73.7 cm³/mol. The standard InChI is InChI=1S/C15H25NO/c1-5-13-7-9-14(10-8-13)17-12-11-16-15(3,4)6-2/h7-10,16H,5-6,11-12H2,1-4H3. The molecule has 0 saturated carbocycles. The lowest BCUT2D eigenvalue weighted by molar-refractivity contribution is 0.281. The zero-order valence-corrected chi connectivity index (χ0v) is 11.5. The van der Waals surface area contributed by atoms with Gasteiger partial charge in [-0.3, -0.25) is 0 Å². The summed E-state index contributed by atoms with van der Waals surface area (Å²) in [5, 5.41) is 3.48. The van der Waals surface area contributed by atoms with Crippen molar-refractivity contribution in [2.24, 2.45) is 0 Å². The van der Waals surface area contributed by atoms with Crippen LogP contribution in [0.4, 0.5) is 0 Å². The Hall–Kier alpha value is -1.02. The van der Waals surface area contributed by atoms with Gasteiger partial charge < -0.3 is 10.1 Å². The van der Waals surface area contributed by atoms with Crippen molar-refractivity contribution >= 4 is 0 Å². The average Bonchev–Trinajstić information content (AvgIpc) is 2.35. The minimum Gasteiger partial charge on any atom is -0.492 e. The average molecular weight is 235 g/mol. The Morgan fingerprint density at radius 1 is 1.12 bits per heavy atom. The molecule has 0 amide bonds. The van der Waals surface area contributed by atoms with E-state index in [0.29, 0.717) is 0 Å². The monoisotopic (exact) mass is 235 g/mol. The number of aryl methyl sites for hydroxylation is 1. The number of rotatable bonds is 7. The van der Waals surface area contributed by atoms with Crippen LogP contribution >= 0.6 is 0 Å². The van der Waals surface area contributed by atoms with Crippen molar-refractivity contribution < 1.29 is 4.74 Å². The molecule has 0 heterocycles. The third kappa shape index (κ3) is 5.22. The molecule has 17 heavy (non-hydrogen) atoms. The Labute approximate surface area is 105 Å². The van der Waals surface area contributed by atoms with Crippen molar-refractivity contribution in [1.29, 1.82) is 0 Å². The molecule has 0 saturated heterocycles. The summed E-state index contributed by atoms with van der Waals surface area (Å²) in [6.45, 7) is 10.4. The van der Waals surface area contributed by atoms with Gasteiger partial charge in [-0.05, 0) is 44.4 Å². The molecule has 0 fully saturated rings. The van der Waals surface area contributed by atoms with Crippen LogP contribution in [-0.4, -0.2) is 18.7 Å². The van der Waals surface area contributed by atoms with Crippen LogP contribution in [0.5, 0.6) is 5.75 Å². The van der Waals surface area contributed by atoms with Gasteiger partial charge in [-0.15, -0.1) is 0 Å². The van der Waals surface area contributed by atoms with E-state index in [4.69, 9.17) is 4.74 Å². The molecule has 1 aromatic rings. The molecule has 0 unspecified atom stereocenters. The molecule has 0 bridgehead atoms. The Morgan fingerprint density at radius 3 is 2.29 bits per heavy atom. The minimum absolute atomic E-state index is 0.204. The Bertz CT molecular complexity index is 316. The van der Waals surface area contributed by atoms with Crippen LogP contribution in [0.2, 0.25) is 0 Å². The Balaban J connectivity index is 2.26. The molecule has 2 nitrogen and oxygen atoms in total. The zero-order valence-electron chi connectivity index (χ0n) is 11.5. The summed E-state index contributed by atoms with van der Waals surface area (Å²) in [7, 11) is 0. The van der Waals surface area contributed by atoms with Gasteiger partial charge in [-0.25, -0.2) is 0 Å². The highest BCUT2D eigenvalue weighted by Gasteiger charge is 2.12. The van der Waals surface area contributed by atoms with Gasteiger partial charge in [0.25, 0.3) is 0 Å². The molecule has 2 heteroatoms. The molecule has 0 radical (unpaired) electrons. The van der Waals surface area contributed by atoms with Gasteiger partial charge in [0.05, 0.1) is 0 Å². The van der Waals surface area contributed by atoms with Crippen molar-refractivity contribution in [2.75, 3.05) is 13.2 Å². The van der Waals surface area contributed by atoms with Crippen LogP contribution in [0.25, 0.3) is 0 Å². The molecule has 1 aromatic carbocycles. The first-order chi connectivity index (χ1) is 8.07. The van der Waals surface area contributed by atoms with E-state index in [2.05, 4.69) is 45.1 Å². The second kappa shape index (κ2) is 6.65. The van der Waals surface area contributed by atoms with Crippen molar-refractivity contribution in [3.63, 3.8) is 0 Å². The Morgan fingerprint density at radius 2 is 1.76 bits per heavy atom. The van der Waals surface area contributed by atoms with Crippen molar-refractivity contribution in [3.8, 4) is 5.75 Å². The van der Waals surface area contributed by atoms with E-state index in [1.807, 2.05) is 12.1 Å². The van der Waals surface area contributed by atoms with Gasteiger partial charge >= 0.3 is 0 Å². The summed E-state index contributed by atoms with van der Waals surface area (Å²) < 4.78 is 5.68. The summed E-state index contributed by atoms with van der Waals surface area (Å²) >= 11 is 0. The minimum atomic E-state index is 0.204. The van der Waals surface area contributed by atoms with E-state index in [1.165, 1.54) is 5.56 Å². The van der Waals surface area contributed by atoms with Gasteiger partial charge in [-0.1, -0.05) is 26.0 Å². The fourth-order valence-electron chi connectivity index (χ4n) is 1.50. The van der Waals surface area contributed by atoms with Gasteiger partial charge in [0.2, 0.25) is 0 Å². The second-order valence-corrected chi connectivity index (χ2v) is 5.01. The maximum Gasteiger partial charge on any atom is 0.119 e. The molecular formula is C15H25NO. The SMILES string of the molecule is CCc1ccc(OCCNC(C)(C)CC)cc1. The lowest BCUT2D eigenvalue weighted by atomic mass is 10.0. The third-order valence-corrected chi connectivity index (χ3v) is 3.19. The van der Waals surface area contributed by atoms with E-state index in [0.717, 1.165) is 31.7 Å². The second-order valence-electron chi connectivity index (χ2n) is 5.01. The molecule has 0 spiro atoms. The number of nitrogens with one attached hydrogen (secondary N) is 1. The maximum atomic E-state index is 5.68. The summed E-state index contributed by atoms with van der Waals surface area (Å²) in [6.07, 6.45) is 2.20. The van der Waals surface area contributed by atoms with Gasteiger partial charge in [0.15, 0.2) is 0 Å². The van der Waals surface area contributed by atoms with E-state index < -0.39 is 0 Å². The molecule has 1 rings (SSSR count). The summed E-state index contributed by atoms with van der Waals surface area (Å²) in [6, 6.07) is 8.34. The topological polar surface area (TPSA) is 21.3 Å². The largest absolute Gasteiger partial charge is 0.492 e. The van der Waals surface area contributed by atoms with Crippen LogP contribution in [0.3, 0.4) is 0 Å². The van der Waals surface area contributed by atoms with E-state index in [-0.39, 0.29) is 5.54 Å². The number of ether oxygens (including phenoxy) is 1. The summed E-state index contributed by atoms with van der Waals surface area (Å²) in [5.41, 5.74) is 1.55. The van der Waals surface area contributed by atoms with Gasteiger partial charge in [0.1, 0.15) is 12.4 Å². The first kappa shape index (κ1) is 14.0. The molecule has 0 aromatic heterocycles. The quantitative estimate of drug-likeness (QED) is 0.731. The Kier molecular flexibility index (Phi) is 5.49. The van der Waals surface area contributed by atoms with E-state index in [1.54, 1.807) is 0 Å². The predicted octanol–water partition coefficient (Wildman–Crippen LogP) is 3.41. The highest BCUT2D eigenvalue weighted by atomic mass is 16.5. The number of benzene rings is 1. The van der Waals surface area contributed by atoms with Crippen molar-refractivity contribution in [2.45, 2.75) is 46.1 Å². The fraction of sp³-hybridized carbons (Fsp3) is 0.600. The summed E-state index contributed by atoms with van der Waals surface area (Å²) in [5.74, 6) is 0.957. The molecular weight excluding hydrogens is 210 g/mol. The molecule has 0 aliphatic rings. The highest BCUT2D eigenvalue weighted by molar-refractivity contribution is 5.27. The van der Waals surface area contributed by atoms with Crippen LogP contribution < -0.4 is 10.1 Å². The highest BCUT2D eigenvalue weighted by Crippen LogP contribution is 2.12. The molecule has 1 N–H and O–H groups in total. The van der Waals surface area contributed by atoms with Crippen LogP contribution in [0.15, 0.2) is 24.3 Å². The van der Waals surface area contributed by atoms with E-state index in [9.17, 15) is 0 Å². The lowest BCUT2D eigenvalue weighted by Crippen LogP contribution is -2.40. The van der Waals surface area contributed by atoms with Gasteiger partial charge in [-0.2, -0.15) is 0 Å². The normalized spacial score (nSPS) is 11.5. The first-order valence-electron chi connectivity index (χ1n) is 6.54. The number of hydrogen-bond donors (Lipinski definition) is 1. The molecule has 96 valence electrons. The smallest absolute Gasteiger partial charge is 0.119 e. The van der Waals surface area contributed by atoms with Gasteiger partial charge in [0, 0.05) is 12.1 Å².